The van der Waals surface area contributed by atoms with Gasteiger partial charge >= 0.3 is 21.1 Å². The van der Waals surface area contributed by atoms with Crippen LogP contribution in [0.4, 0.5) is 0 Å². The largest absolute Gasteiger partial charge is 2.00 e. The van der Waals surface area contributed by atoms with E-state index in [9.17, 15) is 0 Å². The predicted octanol–water partition coefficient (Wildman–Crippen LogP) is 11.9. The molecule has 10 rings (SSSR count). The molecule has 0 bridgehead atoms. The molecule has 6 aromatic carbocycles. The zero-order chi connectivity index (χ0) is 35.5. The SMILES string of the molecule is CC(C)(c1cc(-n2c3ccccc3c3ccccc32)cc(-c2[c-]cccc2)n1)c1cc(-n2c3ccccc3c3ccccc32)cc(-c2[c-]cccc2)n1.[Pt+2]. The third-order valence-corrected chi connectivity index (χ3v) is 10.5. The fraction of sp³-hybridized carbons (Fsp3) is 0.0612. The standard InChI is InChI=1S/C49H34N4.Pt/c1-49(2,47-31-35(29-41(50-47)33-17-5-3-6-18-33)52-43-25-13-9-21-37(43)38-22-10-14-26-44(38)52)48-32-36(30-42(51-48)34-19-7-4-8-20-34)53-45-27-15-11-23-39(45)40-24-12-16-28-46(40)53;/h3-17,19,21-32H,1-2H3;/q-2;+2. The predicted molar refractivity (Wildman–Crippen MR) is 218 cm³/mol. The average Bonchev–Trinajstić information content (AvgIpc) is 3.74. The van der Waals surface area contributed by atoms with Gasteiger partial charge in [0.05, 0.1) is 22.1 Å². The van der Waals surface area contributed by atoms with Crippen molar-refractivity contribution >= 4 is 43.6 Å². The fourth-order valence-corrected chi connectivity index (χ4v) is 7.84. The first-order chi connectivity index (χ1) is 26.0. The Morgan fingerprint density at radius 3 is 1.09 bits per heavy atom. The molecule has 54 heavy (non-hydrogen) atoms. The van der Waals surface area contributed by atoms with Crippen molar-refractivity contribution in [2.24, 2.45) is 0 Å². The molecule has 260 valence electrons. The topological polar surface area (TPSA) is 35.6 Å². The van der Waals surface area contributed by atoms with Crippen LogP contribution < -0.4 is 0 Å². The summed E-state index contributed by atoms with van der Waals surface area (Å²) in [5.41, 5.74) is 11.5. The number of para-hydroxylation sites is 4. The summed E-state index contributed by atoms with van der Waals surface area (Å²) in [4.78, 5) is 10.8. The third-order valence-electron chi connectivity index (χ3n) is 10.5. The van der Waals surface area contributed by atoms with Gasteiger partial charge in [0.25, 0.3) is 0 Å². The summed E-state index contributed by atoms with van der Waals surface area (Å²) in [5, 5.41) is 4.88. The first-order valence-corrected chi connectivity index (χ1v) is 18.0. The van der Waals surface area contributed by atoms with Gasteiger partial charge in [0.1, 0.15) is 0 Å². The fourth-order valence-electron chi connectivity index (χ4n) is 7.84. The minimum absolute atomic E-state index is 0. The Morgan fingerprint density at radius 2 is 0.759 bits per heavy atom. The van der Waals surface area contributed by atoms with Crippen molar-refractivity contribution < 1.29 is 21.1 Å². The summed E-state index contributed by atoms with van der Waals surface area (Å²) in [5.74, 6) is 0. The molecule has 0 fully saturated rings. The Balaban J connectivity index is 0.00000384. The van der Waals surface area contributed by atoms with Crippen molar-refractivity contribution in [1.29, 1.82) is 0 Å². The summed E-state index contributed by atoms with van der Waals surface area (Å²) in [6.45, 7) is 4.47. The van der Waals surface area contributed by atoms with Gasteiger partial charge in [-0.05, 0) is 61.6 Å². The molecule has 4 aromatic heterocycles. The Morgan fingerprint density at radius 1 is 0.426 bits per heavy atom. The van der Waals surface area contributed by atoms with E-state index in [2.05, 4.69) is 169 Å². The molecule has 0 unspecified atom stereocenters. The number of hydrogen-bond acceptors (Lipinski definition) is 2. The molecule has 0 aliphatic rings. The van der Waals surface area contributed by atoms with E-state index in [1.807, 2.05) is 36.4 Å². The van der Waals surface area contributed by atoms with Crippen molar-refractivity contribution in [1.82, 2.24) is 19.1 Å². The maximum absolute atomic E-state index is 5.42. The summed E-state index contributed by atoms with van der Waals surface area (Å²) < 4.78 is 4.73. The molecule has 0 amide bonds. The van der Waals surface area contributed by atoms with Crippen LogP contribution in [0.25, 0.3) is 77.5 Å². The van der Waals surface area contributed by atoms with Gasteiger partial charge in [-0.25, -0.2) is 0 Å². The molecule has 0 atom stereocenters. The van der Waals surface area contributed by atoms with E-state index in [1.54, 1.807) is 0 Å². The number of nitrogens with zero attached hydrogens (tertiary/aromatic N) is 4. The van der Waals surface area contributed by atoms with E-state index in [1.165, 1.54) is 21.5 Å². The molecule has 10 aromatic rings. The summed E-state index contributed by atoms with van der Waals surface area (Å²) in [7, 11) is 0. The van der Waals surface area contributed by atoms with Gasteiger partial charge in [0.15, 0.2) is 0 Å². The zero-order valence-corrected chi connectivity index (χ0v) is 32.0. The summed E-state index contributed by atoms with van der Waals surface area (Å²) >= 11 is 0. The second kappa shape index (κ2) is 13.4. The number of hydrogen-bond donors (Lipinski definition) is 0. The van der Waals surface area contributed by atoms with Gasteiger partial charge in [0, 0.05) is 49.7 Å². The molecule has 4 heterocycles. The average molecular weight is 874 g/mol. The molecule has 0 radical (unpaired) electrons. The van der Waals surface area contributed by atoms with Crippen molar-refractivity contribution in [3.63, 3.8) is 0 Å². The van der Waals surface area contributed by atoms with Gasteiger partial charge in [0.2, 0.25) is 0 Å². The molecular weight excluding hydrogens is 840 g/mol. The van der Waals surface area contributed by atoms with Crippen LogP contribution in [-0.4, -0.2) is 19.1 Å². The van der Waals surface area contributed by atoms with Gasteiger partial charge < -0.3 is 19.1 Å². The van der Waals surface area contributed by atoms with Gasteiger partial charge in [-0.15, -0.1) is 71.8 Å². The van der Waals surface area contributed by atoms with Crippen molar-refractivity contribution in [2.45, 2.75) is 19.3 Å². The second-order valence-electron chi connectivity index (χ2n) is 14.1. The van der Waals surface area contributed by atoms with E-state index >= 15 is 0 Å². The monoisotopic (exact) mass is 873 g/mol. The molecule has 0 spiro atoms. The Bertz CT molecular complexity index is 2670. The van der Waals surface area contributed by atoms with Crippen molar-refractivity contribution in [2.75, 3.05) is 0 Å². The first-order valence-electron chi connectivity index (χ1n) is 18.0. The van der Waals surface area contributed by atoms with E-state index < -0.39 is 5.41 Å². The Labute approximate surface area is 328 Å². The molecule has 0 saturated heterocycles. The minimum Gasteiger partial charge on any atom is -0.310 e. The van der Waals surface area contributed by atoms with Crippen LogP contribution >= 0.6 is 0 Å². The van der Waals surface area contributed by atoms with Gasteiger partial charge in [-0.1, -0.05) is 84.9 Å². The summed E-state index contributed by atoms with van der Waals surface area (Å²) in [6, 6.07) is 66.5. The molecule has 0 saturated carbocycles. The van der Waals surface area contributed by atoms with Crippen LogP contribution in [-0.2, 0) is 26.5 Å². The van der Waals surface area contributed by atoms with E-state index in [0.717, 1.165) is 67.3 Å². The van der Waals surface area contributed by atoms with Gasteiger partial charge in [-0.2, -0.15) is 0 Å². The molecule has 0 aliphatic carbocycles. The van der Waals surface area contributed by atoms with Crippen LogP contribution in [0.1, 0.15) is 25.2 Å². The molecule has 4 nitrogen and oxygen atoms in total. The molecule has 5 heteroatoms. The molecular formula is C49H34N4Pt. The van der Waals surface area contributed by atoms with Crippen LogP contribution in [0, 0.1) is 12.1 Å². The van der Waals surface area contributed by atoms with Crippen molar-refractivity contribution in [3.05, 3.63) is 193 Å². The summed E-state index contributed by atoms with van der Waals surface area (Å²) in [6.07, 6.45) is 0. The normalized spacial score (nSPS) is 11.7. The number of aromatic nitrogens is 4. The number of pyridine rings is 2. The van der Waals surface area contributed by atoms with E-state index in [-0.39, 0.29) is 21.1 Å². The number of fused-ring (bicyclic) bond motifs is 6. The molecule has 0 aliphatic heterocycles. The van der Waals surface area contributed by atoms with Crippen molar-refractivity contribution in [3.8, 4) is 33.9 Å². The third kappa shape index (κ3) is 5.49. The Hall–Kier alpha value is -6.09. The first kappa shape index (κ1) is 33.7. The van der Waals surface area contributed by atoms with E-state index in [4.69, 9.17) is 9.97 Å². The van der Waals surface area contributed by atoms with Gasteiger partial charge in [-0.3, -0.25) is 0 Å². The second-order valence-corrected chi connectivity index (χ2v) is 14.1. The van der Waals surface area contributed by atoms with Crippen LogP contribution in [0.5, 0.6) is 0 Å². The smallest absolute Gasteiger partial charge is 0.310 e. The number of rotatable bonds is 6. The maximum Gasteiger partial charge on any atom is 2.00 e. The maximum atomic E-state index is 5.42. The van der Waals surface area contributed by atoms with Crippen LogP contribution in [0.3, 0.4) is 0 Å². The Kier molecular flexibility index (Phi) is 8.37. The minimum atomic E-state index is -0.614. The quantitative estimate of drug-likeness (QED) is 0.156. The molecule has 0 N–H and O–H groups in total. The van der Waals surface area contributed by atoms with Crippen LogP contribution in [0.2, 0.25) is 0 Å². The van der Waals surface area contributed by atoms with E-state index in [0.29, 0.717) is 0 Å². The number of benzene rings is 6. The zero-order valence-electron chi connectivity index (χ0n) is 29.8. The van der Waals surface area contributed by atoms with Crippen LogP contribution in [0.15, 0.2) is 170 Å².